The number of rotatable bonds is 5. The van der Waals surface area contributed by atoms with Crippen molar-refractivity contribution in [2.24, 2.45) is 0 Å². The van der Waals surface area contributed by atoms with E-state index in [-0.39, 0.29) is 16.5 Å². The fourth-order valence-electron chi connectivity index (χ4n) is 1.59. The Labute approximate surface area is 120 Å². The molecule has 0 aliphatic heterocycles. The van der Waals surface area contributed by atoms with Gasteiger partial charge in [-0.3, -0.25) is 0 Å². The number of nitrogens with zero attached hydrogens (tertiary/aromatic N) is 1. The van der Waals surface area contributed by atoms with Gasteiger partial charge in [0.1, 0.15) is 10.8 Å². The van der Waals surface area contributed by atoms with E-state index in [1.807, 2.05) is 12.1 Å². The van der Waals surface area contributed by atoms with Gasteiger partial charge in [0.05, 0.1) is 12.2 Å². The second-order valence-corrected chi connectivity index (χ2v) is 4.41. The van der Waals surface area contributed by atoms with Gasteiger partial charge in [-0.1, -0.05) is 23.7 Å². The zero-order valence-electron chi connectivity index (χ0n) is 10.7. The molecular formula is C14H12ClNO4. The average Bonchev–Trinajstić information content (AvgIpc) is 2.42. The molecule has 0 radical (unpaired) electrons. The minimum Gasteiger partial charge on any atom is -0.478 e. The van der Waals surface area contributed by atoms with Crippen LogP contribution in [-0.4, -0.2) is 23.2 Å². The number of aromatic carboxylic acids is 1. The van der Waals surface area contributed by atoms with Crippen molar-refractivity contribution in [2.45, 2.75) is 6.61 Å². The fraction of sp³-hybridized carbons (Fsp3) is 0.143. The van der Waals surface area contributed by atoms with Crippen LogP contribution in [0.25, 0.3) is 0 Å². The Morgan fingerprint density at radius 1 is 1.40 bits per heavy atom. The molecule has 0 unspecified atom stereocenters. The summed E-state index contributed by atoms with van der Waals surface area (Å²) in [7, 11) is 1.61. The maximum absolute atomic E-state index is 10.8. The molecule has 0 bridgehead atoms. The van der Waals surface area contributed by atoms with Crippen molar-refractivity contribution in [1.29, 1.82) is 0 Å². The highest BCUT2D eigenvalue weighted by Gasteiger charge is 2.10. The molecule has 1 N–H and O–H groups in total. The lowest BCUT2D eigenvalue weighted by Gasteiger charge is -2.08. The van der Waals surface area contributed by atoms with E-state index < -0.39 is 5.97 Å². The predicted molar refractivity (Wildman–Crippen MR) is 73.4 cm³/mol. The lowest BCUT2D eigenvalue weighted by Crippen LogP contribution is -1.98. The molecule has 2 rings (SSSR count). The van der Waals surface area contributed by atoms with Crippen LogP contribution in [0.15, 0.2) is 36.5 Å². The molecule has 0 fully saturated rings. The van der Waals surface area contributed by atoms with E-state index in [0.29, 0.717) is 12.4 Å². The van der Waals surface area contributed by atoms with Crippen molar-refractivity contribution in [1.82, 2.24) is 4.98 Å². The molecule has 1 aromatic carbocycles. The summed E-state index contributed by atoms with van der Waals surface area (Å²) in [5.74, 6) is -0.378. The summed E-state index contributed by atoms with van der Waals surface area (Å²) in [6.07, 6.45) is 1.20. The van der Waals surface area contributed by atoms with Gasteiger partial charge in [0.2, 0.25) is 5.88 Å². The van der Waals surface area contributed by atoms with Crippen molar-refractivity contribution < 1.29 is 19.4 Å². The van der Waals surface area contributed by atoms with Crippen LogP contribution in [0.1, 0.15) is 15.9 Å². The third-order valence-corrected chi connectivity index (χ3v) is 2.75. The lowest BCUT2D eigenvalue weighted by molar-refractivity contribution is 0.0696. The molecule has 2 aromatic rings. The summed E-state index contributed by atoms with van der Waals surface area (Å²) >= 11 is 5.95. The van der Waals surface area contributed by atoms with Gasteiger partial charge in [-0.15, -0.1) is 0 Å². The SMILES string of the molecule is COCc1cccc(Oc2ncc(C(=O)O)cc2Cl)c1. The van der Waals surface area contributed by atoms with E-state index in [0.717, 1.165) is 5.56 Å². The summed E-state index contributed by atoms with van der Waals surface area (Å²) in [6, 6.07) is 8.57. The molecule has 0 spiro atoms. The zero-order chi connectivity index (χ0) is 14.5. The van der Waals surface area contributed by atoms with Crippen LogP contribution in [0, 0.1) is 0 Å². The predicted octanol–water partition coefficient (Wildman–Crippen LogP) is 3.37. The minimum atomic E-state index is -1.09. The summed E-state index contributed by atoms with van der Waals surface area (Å²) in [4.78, 5) is 14.7. The molecule has 0 atom stereocenters. The number of halogens is 1. The third-order valence-electron chi connectivity index (χ3n) is 2.48. The zero-order valence-corrected chi connectivity index (χ0v) is 11.4. The molecule has 0 amide bonds. The molecule has 20 heavy (non-hydrogen) atoms. The van der Waals surface area contributed by atoms with E-state index in [1.165, 1.54) is 12.3 Å². The third kappa shape index (κ3) is 3.46. The van der Waals surface area contributed by atoms with E-state index in [9.17, 15) is 4.79 Å². The largest absolute Gasteiger partial charge is 0.478 e. The number of hydrogen-bond donors (Lipinski definition) is 1. The van der Waals surface area contributed by atoms with Gasteiger partial charge in [-0.05, 0) is 23.8 Å². The number of aromatic nitrogens is 1. The van der Waals surface area contributed by atoms with Gasteiger partial charge in [0, 0.05) is 13.3 Å². The second-order valence-electron chi connectivity index (χ2n) is 4.00. The van der Waals surface area contributed by atoms with Crippen LogP contribution < -0.4 is 4.74 Å². The molecule has 0 saturated heterocycles. The first-order chi connectivity index (χ1) is 9.60. The molecular weight excluding hydrogens is 282 g/mol. The second kappa shape index (κ2) is 6.36. The Morgan fingerprint density at radius 2 is 2.20 bits per heavy atom. The molecule has 1 heterocycles. The van der Waals surface area contributed by atoms with Crippen molar-refractivity contribution in [2.75, 3.05) is 7.11 Å². The van der Waals surface area contributed by atoms with Crippen LogP contribution in [0.4, 0.5) is 0 Å². The van der Waals surface area contributed by atoms with Crippen LogP contribution in [0.2, 0.25) is 5.02 Å². The lowest BCUT2D eigenvalue weighted by atomic mass is 10.2. The number of benzene rings is 1. The summed E-state index contributed by atoms with van der Waals surface area (Å²) < 4.78 is 10.6. The molecule has 6 heteroatoms. The van der Waals surface area contributed by atoms with E-state index in [1.54, 1.807) is 19.2 Å². The average molecular weight is 294 g/mol. The first kappa shape index (κ1) is 14.3. The highest BCUT2D eigenvalue weighted by Crippen LogP contribution is 2.28. The Balaban J connectivity index is 2.21. The van der Waals surface area contributed by atoms with E-state index in [2.05, 4.69) is 4.98 Å². The standard InChI is InChI=1S/C14H12ClNO4/c1-19-8-9-3-2-4-11(5-9)20-13-12(15)6-10(7-16-13)14(17)18/h2-7H,8H2,1H3,(H,17,18). The quantitative estimate of drug-likeness (QED) is 0.915. The molecule has 1 aromatic heterocycles. The fourth-order valence-corrected chi connectivity index (χ4v) is 1.80. The van der Waals surface area contributed by atoms with Crippen molar-refractivity contribution >= 4 is 17.6 Å². The van der Waals surface area contributed by atoms with Gasteiger partial charge in [-0.2, -0.15) is 0 Å². The Morgan fingerprint density at radius 3 is 2.85 bits per heavy atom. The van der Waals surface area contributed by atoms with E-state index in [4.69, 9.17) is 26.2 Å². The summed E-state index contributed by atoms with van der Waals surface area (Å²) in [5.41, 5.74) is 0.957. The van der Waals surface area contributed by atoms with E-state index >= 15 is 0 Å². The number of hydrogen-bond acceptors (Lipinski definition) is 4. The Kier molecular flexibility index (Phi) is 4.55. The van der Waals surface area contributed by atoms with Crippen molar-refractivity contribution in [3.05, 3.63) is 52.7 Å². The van der Waals surface area contributed by atoms with Crippen LogP contribution >= 0.6 is 11.6 Å². The Hall–Kier alpha value is -2.11. The molecule has 104 valence electrons. The minimum absolute atomic E-state index is 0.00971. The number of ether oxygens (including phenoxy) is 2. The summed E-state index contributed by atoms with van der Waals surface area (Å²) in [6.45, 7) is 0.469. The highest BCUT2D eigenvalue weighted by atomic mass is 35.5. The van der Waals surface area contributed by atoms with Crippen molar-refractivity contribution in [3.8, 4) is 11.6 Å². The first-order valence-corrected chi connectivity index (χ1v) is 6.12. The van der Waals surface area contributed by atoms with Crippen LogP contribution in [0.3, 0.4) is 0 Å². The number of carbonyl (C=O) groups is 1. The van der Waals surface area contributed by atoms with Crippen LogP contribution in [0.5, 0.6) is 11.6 Å². The monoisotopic (exact) mass is 293 g/mol. The molecule has 0 saturated carbocycles. The number of carboxylic acid groups (broad SMARTS) is 1. The van der Waals surface area contributed by atoms with Gasteiger partial charge >= 0.3 is 5.97 Å². The Bertz CT molecular complexity index is 630. The smallest absolute Gasteiger partial charge is 0.337 e. The van der Waals surface area contributed by atoms with Gasteiger partial charge < -0.3 is 14.6 Å². The van der Waals surface area contributed by atoms with Crippen molar-refractivity contribution in [3.63, 3.8) is 0 Å². The number of carboxylic acids is 1. The molecule has 5 nitrogen and oxygen atoms in total. The normalized spacial score (nSPS) is 10.3. The maximum atomic E-state index is 10.8. The maximum Gasteiger partial charge on any atom is 0.337 e. The van der Waals surface area contributed by atoms with Gasteiger partial charge in [-0.25, -0.2) is 9.78 Å². The van der Waals surface area contributed by atoms with Gasteiger partial charge in [0.15, 0.2) is 0 Å². The first-order valence-electron chi connectivity index (χ1n) is 5.74. The van der Waals surface area contributed by atoms with Gasteiger partial charge in [0.25, 0.3) is 0 Å². The van der Waals surface area contributed by atoms with Crippen LogP contribution in [-0.2, 0) is 11.3 Å². The topological polar surface area (TPSA) is 68.7 Å². The highest BCUT2D eigenvalue weighted by molar-refractivity contribution is 6.32. The summed E-state index contributed by atoms with van der Waals surface area (Å²) in [5, 5.41) is 8.97. The number of methoxy groups -OCH3 is 1. The number of pyridine rings is 1. The molecule has 0 aliphatic carbocycles. The molecule has 0 aliphatic rings.